The molecule has 0 aromatic carbocycles. The number of rotatable bonds is 10. The zero-order valence-electron chi connectivity index (χ0n) is 14.9. The molecule has 0 aliphatic carbocycles. The molecule has 2 aromatic rings. The number of aromatic nitrogens is 3. The summed E-state index contributed by atoms with van der Waals surface area (Å²) in [7, 11) is 1.80. The number of hydrazone groups is 1. The van der Waals surface area contributed by atoms with Crippen LogP contribution in [-0.4, -0.2) is 34.5 Å². The second-order valence-corrected chi connectivity index (χ2v) is 6.45. The minimum absolute atomic E-state index is 0.503. The van der Waals surface area contributed by atoms with Crippen LogP contribution in [0, 0.1) is 0 Å². The van der Waals surface area contributed by atoms with Crippen LogP contribution in [0.5, 0.6) is 0 Å². The summed E-state index contributed by atoms with van der Waals surface area (Å²) >= 11 is 1.51. The van der Waals surface area contributed by atoms with Gasteiger partial charge < -0.3 is 16.9 Å². The summed E-state index contributed by atoms with van der Waals surface area (Å²) in [5.74, 6) is 6.48. The first-order valence-corrected chi connectivity index (χ1v) is 8.85. The Morgan fingerprint density at radius 3 is 2.96 bits per heavy atom. The van der Waals surface area contributed by atoms with Crippen LogP contribution in [0.15, 0.2) is 47.9 Å². The first-order valence-electron chi connectivity index (χ1n) is 8.03. The van der Waals surface area contributed by atoms with Gasteiger partial charge >= 0.3 is 0 Å². The van der Waals surface area contributed by atoms with E-state index in [2.05, 4.69) is 32.5 Å². The largest absolute Gasteiger partial charge is 0.405 e. The second kappa shape index (κ2) is 9.92. The van der Waals surface area contributed by atoms with Crippen molar-refractivity contribution in [3.05, 3.63) is 58.3 Å². The molecule has 0 aliphatic heterocycles. The maximum absolute atomic E-state index is 10.5. The van der Waals surface area contributed by atoms with Crippen molar-refractivity contribution in [2.45, 2.75) is 12.8 Å². The van der Waals surface area contributed by atoms with Crippen LogP contribution in [0.25, 0.3) is 5.57 Å². The third kappa shape index (κ3) is 5.54. The highest BCUT2D eigenvalue weighted by molar-refractivity contribution is 7.13. The Labute approximate surface area is 161 Å². The van der Waals surface area contributed by atoms with E-state index in [0.29, 0.717) is 25.1 Å². The number of nitrogens with zero attached hydrogens (tertiary/aromatic N) is 4. The molecule has 0 aliphatic rings. The number of hydrogen-bond donors (Lipinski definition) is 4. The zero-order valence-corrected chi connectivity index (χ0v) is 15.7. The molecule has 9 nitrogen and oxygen atoms in total. The molecule has 2 rings (SSSR count). The fourth-order valence-electron chi connectivity index (χ4n) is 2.25. The van der Waals surface area contributed by atoms with Gasteiger partial charge in [-0.2, -0.15) is 15.0 Å². The van der Waals surface area contributed by atoms with E-state index in [-0.39, 0.29) is 0 Å². The van der Waals surface area contributed by atoms with Crippen LogP contribution >= 0.6 is 11.3 Å². The van der Waals surface area contributed by atoms with Gasteiger partial charge in [0.2, 0.25) is 6.41 Å². The van der Waals surface area contributed by atoms with E-state index in [4.69, 9.17) is 11.6 Å². The third-order valence-electron chi connectivity index (χ3n) is 3.49. The second-order valence-electron chi connectivity index (χ2n) is 5.37. The smallest absolute Gasteiger partial charge is 0.227 e. The Hall–Kier alpha value is -3.40. The van der Waals surface area contributed by atoms with Gasteiger partial charge in [0, 0.05) is 25.5 Å². The Bertz CT molecular complexity index is 877. The Kier molecular flexibility index (Phi) is 7.32. The van der Waals surface area contributed by atoms with Gasteiger partial charge in [-0.3, -0.25) is 4.79 Å². The molecule has 0 spiro atoms. The molecule has 2 heterocycles. The Morgan fingerprint density at radius 2 is 2.33 bits per heavy atom. The molecule has 2 aromatic heterocycles. The van der Waals surface area contributed by atoms with Crippen molar-refractivity contribution in [1.82, 2.24) is 20.3 Å². The van der Waals surface area contributed by atoms with Gasteiger partial charge in [-0.25, -0.2) is 10.4 Å². The fraction of sp³-hybridized carbons (Fsp3) is 0.176. The summed E-state index contributed by atoms with van der Waals surface area (Å²) in [5.41, 5.74) is 10.2. The number of amides is 1. The normalized spacial score (nSPS) is 12.0. The monoisotopic (exact) mass is 386 g/mol. The lowest BCUT2D eigenvalue weighted by Gasteiger charge is -2.03. The quantitative estimate of drug-likeness (QED) is 0.158. The molecule has 0 fully saturated rings. The minimum atomic E-state index is 0.503. The highest BCUT2D eigenvalue weighted by Gasteiger charge is 2.14. The van der Waals surface area contributed by atoms with Crippen LogP contribution in [0.4, 0.5) is 5.82 Å². The number of allylic oxidation sites excluding steroid dienone is 4. The lowest BCUT2D eigenvalue weighted by molar-refractivity contribution is -0.109. The van der Waals surface area contributed by atoms with Crippen LogP contribution in [0.2, 0.25) is 0 Å². The molecular formula is C17H22N8OS. The van der Waals surface area contributed by atoms with E-state index >= 15 is 0 Å². The number of anilines is 1. The molecule has 142 valence electrons. The van der Waals surface area contributed by atoms with Crippen LogP contribution in [-0.2, 0) is 17.6 Å². The first-order chi connectivity index (χ1) is 13.1. The van der Waals surface area contributed by atoms with E-state index in [1.807, 2.05) is 12.1 Å². The van der Waals surface area contributed by atoms with Gasteiger partial charge in [-0.1, -0.05) is 12.7 Å². The molecule has 10 heteroatoms. The zero-order chi connectivity index (χ0) is 19.6. The number of carbonyl (C=O) groups is 1. The molecule has 0 unspecified atom stereocenters. The van der Waals surface area contributed by atoms with Crippen molar-refractivity contribution in [3.63, 3.8) is 0 Å². The Balaban J connectivity index is 2.35. The van der Waals surface area contributed by atoms with Crippen molar-refractivity contribution in [2.75, 3.05) is 18.2 Å². The molecule has 6 N–H and O–H groups in total. The number of nitrogen functional groups attached to an aromatic ring is 1. The van der Waals surface area contributed by atoms with E-state index < -0.39 is 0 Å². The Morgan fingerprint density at radius 1 is 1.52 bits per heavy atom. The van der Waals surface area contributed by atoms with Gasteiger partial charge in [0.25, 0.3) is 0 Å². The maximum Gasteiger partial charge on any atom is 0.227 e. The number of hydrogen-bond acceptors (Lipinski definition) is 8. The lowest BCUT2D eigenvalue weighted by atomic mass is 10.1. The predicted molar refractivity (Wildman–Crippen MR) is 110 cm³/mol. The molecule has 1 amide bonds. The minimum Gasteiger partial charge on any atom is -0.405 e. The van der Waals surface area contributed by atoms with Crippen LogP contribution in [0.1, 0.15) is 15.6 Å². The summed E-state index contributed by atoms with van der Waals surface area (Å²) in [4.78, 5) is 17.3. The summed E-state index contributed by atoms with van der Waals surface area (Å²) in [6.07, 6.45) is 9.97. The summed E-state index contributed by atoms with van der Waals surface area (Å²) in [6, 6.07) is 1.83. The summed E-state index contributed by atoms with van der Waals surface area (Å²) in [5, 5.41) is 11.8. The third-order valence-corrected chi connectivity index (χ3v) is 4.60. The number of nitrogens with one attached hydrogen (secondary N) is 2. The highest BCUT2D eigenvalue weighted by atomic mass is 32.1. The van der Waals surface area contributed by atoms with Crippen LogP contribution in [0.3, 0.4) is 0 Å². The van der Waals surface area contributed by atoms with E-state index in [1.165, 1.54) is 22.3 Å². The first kappa shape index (κ1) is 19.9. The van der Waals surface area contributed by atoms with E-state index in [9.17, 15) is 4.79 Å². The van der Waals surface area contributed by atoms with Crippen molar-refractivity contribution in [2.24, 2.45) is 10.8 Å². The van der Waals surface area contributed by atoms with Crippen molar-refractivity contribution < 1.29 is 4.79 Å². The van der Waals surface area contributed by atoms with E-state index in [1.54, 1.807) is 25.5 Å². The van der Waals surface area contributed by atoms with Gasteiger partial charge in [0.15, 0.2) is 0 Å². The fourth-order valence-corrected chi connectivity index (χ4v) is 3.38. The number of nitrogens with two attached hydrogens (primary N) is 2. The number of thiazole rings is 1. The SMILES string of the molecule is C=C(/C=C\N)Cc1nc(NC)c(C(/C=N\NC=O)=C/Cc2ccnn2N)s1. The lowest BCUT2D eigenvalue weighted by Crippen LogP contribution is -2.13. The molecule has 0 saturated heterocycles. The van der Waals surface area contributed by atoms with Crippen LogP contribution < -0.4 is 22.3 Å². The molecule has 0 radical (unpaired) electrons. The average molecular weight is 386 g/mol. The topological polar surface area (TPSA) is 136 Å². The highest BCUT2D eigenvalue weighted by Crippen LogP contribution is 2.31. The van der Waals surface area contributed by atoms with Crippen molar-refractivity contribution >= 4 is 35.4 Å². The molecule has 27 heavy (non-hydrogen) atoms. The summed E-state index contributed by atoms with van der Waals surface area (Å²) in [6.45, 7) is 3.96. The van der Waals surface area contributed by atoms with Gasteiger partial charge in [0.05, 0.1) is 28.0 Å². The molecule has 0 saturated carbocycles. The standard InChI is InChI=1S/C17H22N8OS/c1-12(5-7-18)9-15-24-17(20-2)16(27-15)13(10-21-22-11-26)3-4-14-6-8-23-25(14)19/h3,5-8,10-11,20H,1,4,9,18-19H2,2H3,(H,22,26)/b7-5-,13-3+,21-10-. The van der Waals surface area contributed by atoms with Gasteiger partial charge in [-0.05, 0) is 23.9 Å². The van der Waals surface area contributed by atoms with Gasteiger partial charge in [-0.15, -0.1) is 11.3 Å². The summed E-state index contributed by atoms with van der Waals surface area (Å²) < 4.78 is 0. The predicted octanol–water partition coefficient (Wildman–Crippen LogP) is 1.02. The van der Waals surface area contributed by atoms with Crippen molar-refractivity contribution in [3.8, 4) is 0 Å². The van der Waals surface area contributed by atoms with E-state index in [0.717, 1.165) is 26.7 Å². The van der Waals surface area contributed by atoms with Gasteiger partial charge in [0.1, 0.15) is 5.82 Å². The maximum atomic E-state index is 10.5. The van der Waals surface area contributed by atoms with Crippen molar-refractivity contribution in [1.29, 1.82) is 0 Å². The molecule has 0 bridgehead atoms. The molecular weight excluding hydrogens is 364 g/mol. The average Bonchev–Trinajstić information content (AvgIpc) is 3.24. The molecule has 0 atom stereocenters. The number of carbonyl (C=O) groups excluding carboxylic acids is 1.